The van der Waals surface area contributed by atoms with Crippen molar-refractivity contribution in [1.82, 2.24) is 0 Å². The minimum Gasteiger partial charge on any atom is -0.843 e. The molecule has 37 heavy (non-hydrogen) atoms. The quantitative estimate of drug-likeness (QED) is 0.232. The van der Waals surface area contributed by atoms with Crippen LogP contribution in [0.2, 0.25) is 0 Å². The monoisotopic (exact) mass is 510 g/mol. The van der Waals surface area contributed by atoms with Crippen molar-refractivity contribution >= 4 is 40.5 Å². The molecule has 0 saturated carbocycles. The Morgan fingerprint density at radius 2 is 1.32 bits per heavy atom. The number of hydrogen-bond acceptors (Lipinski definition) is 4. The van der Waals surface area contributed by atoms with E-state index >= 15 is 5.11 Å². The van der Waals surface area contributed by atoms with Crippen LogP contribution in [0.3, 0.4) is 0 Å². The summed E-state index contributed by atoms with van der Waals surface area (Å²) in [6.07, 6.45) is 0. The first-order valence-electron chi connectivity index (χ1n) is 12.1. The lowest BCUT2D eigenvalue weighted by atomic mass is 9.86. The highest BCUT2D eigenvalue weighted by atomic mass is 31.2. The normalized spacial score (nSPS) is 19.2. The average molecular weight is 511 g/mol. The summed E-state index contributed by atoms with van der Waals surface area (Å²) in [4.78, 5) is 25.8. The van der Waals surface area contributed by atoms with Crippen molar-refractivity contribution in [3.8, 4) is 0 Å². The predicted molar refractivity (Wildman–Crippen MR) is 147 cm³/mol. The Morgan fingerprint density at radius 3 is 1.73 bits per heavy atom. The van der Waals surface area contributed by atoms with E-state index in [2.05, 4.69) is 36.4 Å². The fourth-order valence-electron chi connectivity index (χ4n) is 5.66. The Bertz CT molecular complexity index is 1350. The highest BCUT2D eigenvalue weighted by Gasteiger charge is 2.58. The number of benzene rings is 4. The van der Waals surface area contributed by atoms with Gasteiger partial charge in [-0.15, -0.1) is 0 Å². The van der Waals surface area contributed by atoms with Crippen molar-refractivity contribution in [3.05, 3.63) is 125 Å². The van der Waals surface area contributed by atoms with Gasteiger partial charge in [-0.25, -0.2) is 0 Å². The Morgan fingerprint density at radius 1 is 0.865 bits per heavy atom. The molecule has 1 aliphatic rings. The van der Waals surface area contributed by atoms with Gasteiger partial charge in [0.2, 0.25) is 5.91 Å². The minimum absolute atomic E-state index is 0.159. The van der Waals surface area contributed by atoms with Gasteiger partial charge in [-0.3, -0.25) is 14.9 Å². The van der Waals surface area contributed by atoms with Crippen LogP contribution in [0.1, 0.15) is 19.4 Å². The number of fused-ring (bicyclic) bond motifs is 1. The minimum atomic E-state index is -2.70. The van der Waals surface area contributed by atoms with E-state index in [1.807, 2.05) is 54.6 Å². The summed E-state index contributed by atoms with van der Waals surface area (Å²) >= 11 is 0. The van der Waals surface area contributed by atoms with Crippen LogP contribution in [0.5, 0.6) is 0 Å². The maximum Gasteiger partial charge on any atom is 0.269 e. The molecule has 0 radical (unpaired) electrons. The van der Waals surface area contributed by atoms with E-state index < -0.39 is 23.4 Å². The number of rotatable bonds is 5. The van der Waals surface area contributed by atoms with Crippen molar-refractivity contribution < 1.29 is 14.8 Å². The molecule has 7 heteroatoms. The zero-order valence-electron chi connectivity index (χ0n) is 20.7. The van der Waals surface area contributed by atoms with Gasteiger partial charge in [-0.1, -0.05) is 61.5 Å². The zero-order valence-corrected chi connectivity index (χ0v) is 21.5. The lowest BCUT2D eigenvalue weighted by Gasteiger charge is -2.54. The number of non-ortho nitro benzene ring substituents is 1. The summed E-state index contributed by atoms with van der Waals surface area (Å²) in [6.45, 7) is 3.30. The van der Waals surface area contributed by atoms with E-state index in [9.17, 15) is 14.9 Å². The van der Waals surface area contributed by atoms with Crippen LogP contribution in [0, 0.1) is 10.1 Å². The van der Waals surface area contributed by atoms with E-state index in [1.54, 1.807) is 11.8 Å². The predicted octanol–water partition coefficient (Wildman–Crippen LogP) is 3.90. The van der Waals surface area contributed by atoms with Gasteiger partial charge >= 0.3 is 0 Å². The summed E-state index contributed by atoms with van der Waals surface area (Å²) in [7, 11) is -2.70. The SMILES string of the molecule is CC(=O)N1CC([P+](c2ccccc2)(c2ccccc2)c2ccccc2)C(C)([O-])c2cc([N+](=O)[O-])ccc21. The molecule has 4 aromatic rings. The summed E-state index contributed by atoms with van der Waals surface area (Å²) in [5, 5.41) is 29.8. The van der Waals surface area contributed by atoms with Crippen LogP contribution in [0.4, 0.5) is 11.4 Å². The number of nitrogens with zero attached hydrogens (tertiary/aromatic N) is 2. The largest absolute Gasteiger partial charge is 0.843 e. The summed E-state index contributed by atoms with van der Waals surface area (Å²) < 4.78 is 0. The lowest BCUT2D eigenvalue weighted by molar-refractivity contribution is -0.481. The molecule has 4 aromatic carbocycles. The van der Waals surface area contributed by atoms with Crippen molar-refractivity contribution in [2.75, 3.05) is 11.4 Å². The van der Waals surface area contributed by atoms with Crippen LogP contribution in [-0.2, 0) is 10.4 Å². The molecule has 2 unspecified atom stereocenters. The zero-order chi connectivity index (χ0) is 26.2. The van der Waals surface area contributed by atoms with Crippen molar-refractivity contribution in [2.24, 2.45) is 0 Å². The van der Waals surface area contributed by atoms with E-state index in [0.717, 1.165) is 15.9 Å². The van der Waals surface area contributed by atoms with E-state index in [0.29, 0.717) is 5.69 Å². The molecule has 1 aliphatic heterocycles. The second kappa shape index (κ2) is 9.55. The summed E-state index contributed by atoms with van der Waals surface area (Å²) in [5.41, 5.74) is -1.76. The van der Waals surface area contributed by atoms with Gasteiger partial charge in [0.05, 0.1) is 17.1 Å². The Balaban J connectivity index is 1.89. The fourth-order valence-corrected chi connectivity index (χ4v) is 10.8. The Hall–Kier alpha value is -3.86. The molecular formula is C30H27N2O4P. The summed E-state index contributed by atoms with van der Waals surface area (Å²) in [6, 6.07) is 34.3. The number of hydrogen-bond donors (Lipinski definition) is 0. The number of amides is 1. The van der Waals surface area contributed by atoms with Crippen LogP contribution in [0.15, 0.2) is 109 Å². The molecule has 0 spiro atoms. The number of nitro groups is 1. The smallest absolute Gasteiger partial charge is 0.269 e. The second-order valence-electron chi connectivity index (χ2n) is 9.44. The van der Waals surface area contributed by atoms with E-state index in [1.165, 1.54) is 25.1 Å². The molecule has 1 amide bonds. The third kappa shape index (κ3) is 4.03. The molecular weight excluding hydrogens is 483 g/mol. The average Bonchev–Trinajstić information content (AvgIpc) is 2.91. The molecule has 0 aromatic heterocycles. The van der Waals surface area contributed by atoms with Crippen molar-refractivity contribution in [2.45, 2.75) is 25.1 Å². The van der Waals surface area contributed by atoms with Gasteiger partial charge in [-0.2, -0.15) is 0 Å². The maximum absolute atomic E-state index is 15.1. The van der Waals surface area contributed by atoms with Gasteiger partial charge < -0.3 is 10.0 Å². The molecule has 2 atom stereocenters. The highest BCUT2D eigenvalue weighted by Crippen LogP contribution is 2.65. The highest BCUT2D eigenvalue weighted by molar-refractivity contribution is 7.96. The lowest BCUT2D eigenvalue weighted by Crippen LogP contribution is -2.62. The molecule has 186 valence electrons. The molecule has 0 aliphatic carbocycles. The van der Waals surface area contributed by atoms with Crippen LogP contribution < -0.4 is 25.9 Å². The summed E-state index contributed by atoms with van der Waals surface area (Å²) in [5.74, 6) is -0.206. The Labute approximate surface area is 216 Å². The topological polar surface area (TPSA) is 86.5 Å². The van der Waals surface area contributed by atoms with Crippen LogP contribution in [-0.4, -0.2) is 23.0 Å². The van der Waals surface area contributed by atoms with Crippen molar-refractivity contribution in [3.63, 3.8) is 0 Å². The molecule has 0 fully saturated rings. The van der Waals surface area contributed by atoms with Gasteiger partial charge in [0, 0.05) is 24.7 Å². The van der Waals surface area contributed by atoms with Gasteiger partial charge in [-0.05, 0) is 53.6 Å². The number of nitro benzene ring substituents is 1. The van der Waals surface area contributed by atoms with E-state index in [-0.39, 0.29) is 23.7 Å². The van der Waals surface area contributed by atoms with Gasteiger partial charge in [0.1, 0.15) is 23.2 Å². The number of carbonyl (C=O) groups excluding carboxylic acids is 1. The first-order valence-corrected chi connectivity index (χ1v) is 14.0. The molecule has 1 heterocycles. The molecule has 0 saturated heterocycles. The fraction of sp³-hybridized carbons (Fsp3) is 0.167. The van der Waals surface area contributed by atoms with Crippen LogP contribution >= 0.6 is 7.26 Å². The van der Waals surface area contributed by atoms with E-state index in [4.69, 9.17) is 0 Å². The third-order valence-corrected chi connectivity index (χ3v) is 12.3. The standard InChI is InChI=1S/C30H27N2O4P/c1-22(33)31-21-29(30(2,34)27-20-23(32(35)36)18-19-28(27)31)37(24-12-6-3-7-13-24,25-14-8-4-9-15-25)26-16-10-5-11-17-26/h3-20,29H,21H2,1-2H3. The first kappa shape index (κ1) is 24.8. The molecule has 6 nitrogen and oxygen atoms in total. The van der Waals surface area contributed by atoms with Gasteiger partial charge in [0.15, 0.2) is 0 Å². The van der Waals surface area contributed by atoms with Gasteiger partial charge in [0.25, 0.3) is 5.69 Å². The molecule has 5 rings (SSSR count). The molecule has 0 bridgehead atoms. The Kier molecular flexibility index (Phi) is 6.40. The number of anilines is 1. The first-order chi connectivity index (χ1) is 17.8. The third-order valence-electron chi connectivity index (χ3n) is 7.35. The maximum atomic E-state index is 15.1. The number of carbonyl (C=O) groups is 1. The van der Waals surface area contributed by atoms with Crippen LogP contribution in [0.25, 0.3) is 0 Å². The second-order valence-corrected chi connectivity index (χ2v) is 13.1. The van der Waals surface area contributed by atoms with Crippen molar-refractivity contribution in [1.29, 1.82) is 0 Å². The molecule has 0 N–H and O–H groups in total.